The first-order chi connectivity index (χ1) is 20.4. The lowest BCUT2D eigenvalue weighted by Crippen LogP contribution is -2.00. The van der Waals surface area contributed by atoms with E-state index in [0.717, 1.165) is 49.5 Å². The number of furan rings is 1. The topological polar surface area (TPSA) is 26.0 Å². The molecule has 1 aliphatic rings. The minimum atomic E-state index is 0.903. The zero-order valence-corrected chi connectivity index (χ0v) is 22.1. The van der Waals surface area contributed by atoms with Gasteiger partial charge in [-0.2, -0.15) is 0 Å². The van der Waals surface area contributed by atoms with Crippen molar-refractivity contribution in [1.82, 2.24) is 4.98 Å². The van der Waals surface area contributed by atoms with E-state index in [1.165, 1.54) is 38.9 Å². The molecule has 2 heterocycles. The van der Waals surface area contributed by atoms with Gasteiger partial charge in [0.15, 0.2) is 0 Å². The van der Waals surface area contributed by atoms with Gasteiger partial charge in [0.2, 0.25) is 0 Å². The molecule has 190 valence electrons. The third-order valence-corrected chi connectivity index (χ3v) is 8.51. The zero-order valence-electron chi connectivity index (χ0n) is 22.1. The Kier molecular flexibility index (Phi) is 4.64. The van der Waals surface area contributed by atoms with Crippen LogP contribution in [0.25, 0.3) is 88.5 Å². The number of aromatic nitrogens is 1. The summed E-state index contributed by atoms with van der Waals surface area (Å²) in [7, 11) is 0. The Morgan fingerprint density at radius 1 is 0.390 bits per heavy atom. The molecule has 2 aromatic heterocycles. The third-order valence-electron chi connectivity index (χ3n) is 8.51. The van der Waals surface area contributed by atoms with Gasteiger partial charge in [-0.3, -0.25) is 4.98 Å². The Labute approximate surface area is 237 Å². The lowest BCUT2D eigenvalue weighted by molar-refractivity contribution is 0.670. The molecule has 8 aromatic rings. The molecule has 0 atom stereocenters. The van der Waals surface area contributed by atoms with E-state index < -0.39 is 0 Å². The predicted octanol–water partition coefficient (Wildman–Crippen LogP) is 10.8. The number of rotatable bonds is 1. The number of hydrogen-bond donors (Lipinski definition) is 0. The Balaban J connectivity index is 1.50. The van der Waals surface area contributed by atoms with E-state index in [9.17, 15) is 0 Å². The molecule has 0 bridgehead atoms. The lowest BCUT2D eigenvalue weighted by atomic mass is 9.77. The van der Waals surface area contributed by atoms with Crippen LogP contribution in [0.15, 0.2) is 144 Å². The van der Waals surface area contributed by atoms with Crippen LogP contribution in [0.3, 0.4) is 0 Å². The highest BCUT2D eigenvalue weighted by Crippen LogP contribution is 2.52. The van der Waals surface area contributed by atoms with Gasteiger partial charge in [0, 0.05) is 39.0 Å². The second-order valence-corrected chi connectivity index (χ2v) is 10.7. The first-order valence-electron chi connectivity index (χ1n) is 14.0. The van der Waals surface area contributed by atoms with Gasteiger partial charge in [-0.05, 0) is 51.1 Å². The van der Waals surface area contributed by atoms with E-state index in [4.69, 9.17) is 9.40 Å². The van der Waals surface area contributed by atoms with Crippen molar-refractivity contribution in [3.8, 4) is 55.6 Å². The van der Waals surface area contributed by atoms with Crippen molar-refractivity contribution < 1.29 is 4.42 Å². The molecule has 0 fully saturated rings. The van der Waals surface area contributed by atoms with Crippen LogP contribution in [-0.2, 0) is 0 Å². The molecule has 0 amide bonds. The fraction of sp³-hybridized carbons (Fsp3) is 0. The summed E-state index contributed by atoms with van der Waals surface area (Å²) in [6, 6.07) is 47.6. The fourth-order valence-electron chi connectivity index (χ4n) is 6.76. The van der Waals surface area contributed by atoms with Crippen LogP contribution in [0.4, 0.5) is 0 Å². The zero-order chi connectivity index (χ0) is 26.9. The maximum atomic E-state index is 6.57. The van der Waals surface area contributed by atoms with E-state index in [0.29, 0.717) is 0 Å². The first kappa shape index (κ1) is 22.4. The quantitative estimate of drug-likeness (QED) is 0.215. The Morgan fingerprint density at radius 2 is 0.951 bits per heavy atom. The average Bonchev–Trinajstić information content (AvgIpc) is 3.42. The molecule has 0 saturated heterocycles. The van der Waals surface area contributed by atoms with Crippen molar-refractivity contribution >= 4 is 32.8 Å². The fourth-order valence-corrected chi connectivity index (χ4v) is 6.76. The molecular weight excluding hydrogens is 498 g/mol. The summed E-state index contributed by atoms with van der Waals surface area (Å²) in [5.74, 6) is 0. The van der Waals surface area contributed by atoms with E-state index in [1.54, 1.807) is 0 Å². The van der Waals surface area contributed by atoms with Gasteiger partial charge >= 0.3 is 0 Å². The van der Waals surface area contributed by atoms with Crippen molar-refractivity contribution in [3.63, 3.8) is 0 Å². The van der Waals surface area contributed by atoms with Crippen molar-refractivity contribution in [2.45, 2.75) is 0 Å². The lowest BCUT2D eigenvalue weighted by Gasteiger charge is -2.26. The molecule has 2 heteroatoms. The molecule has 0 saturated carbocycles. The predicted molar refractivity (Wildman–Crippen MR) is 170 cm³/mol. The highest BCUT2D eigenvalue weighted by Gasteiger charge is 2.27. The third kappa shape index (κ3) is 3.16. The summed E-state index contributed by atoms with van der Waals surface area (Å²) in [6.07, 6.45) is 1.91. The molecular formula is C39H23NO. The van der Waals surface area contributed by atoms with Crippen LogP contribution >= 0.6 is 0 Å². The monoisotopic (exact) mass is 521 g/mol. The number of pyridine rings is 1. The van der Waals surface area contributed by atoms with Crippen LogP contribution in [0.2, 0.25) is 0 Å². The maximum Gasteiger partial charge on any atom is 0.143 e. The average molecular weight is 522 g/mol. The number of hydrogen-bond acceptors (Lipinski definition) is 2. The van der Waals surface area contributed by atoms with Crippen LogP contribution in [-0.4, -0.2) is 4.98 Å². The van der Waals surface area contributed by atoms with E-state index >= 15 is 0 Å². The highest BCUT2D eigenvalue weighted by molar-refractivity contribution is 6.16. The summed E-state index contributed by atoms with van der Waals surface area (Å²) in [6.45, 7) is 0. The molecule has 0 radical (unpaired) electrons. The van der Waals surface area contributed by atoms with Gasteiger partial charge in [-0.15, -0.1) is 0 Å². The van der Waals surface area contributed by atoms with Crippen molar-refractivity contribution in [2.24, 2.45) is 0 Å². The summed E-state index contributed by atoms with van der Waals surface area (Å²) in [5, 5.41) is 3.39. The second-order valence-electron chi connectivity index (χ2n) is 10.7. The van der Waals surface area contributed by atoms with Gasteiger partial charge in [0.1, 0.15) is 11.2 Å². The molecule has 41 heavy (non-hydrogen) atoms. The SMILES string of the molecule is c1ccc2c(c1)-c1ccccc1-c1ccc3cccnc3c1-c1c-2cccc1-c1cccc2c1oc1ccccc12. The molecule has 2 nitrogen and oxygen atoms in total. The van der Waals surface area contributed by atoms with Crippen LogP contribution in [0, 0.1) is 0 Å². The summed E-state index contributed by atoms with van der Waals surface area (Å²) >= 11 is 0. The van der Waals surface area contributed by atoms with Gasteiger partial charge in [-0.1, -0.05) is 121 Å². The van der Waals surface area contributed by atoms with Crippen molar-refractivity contribution in [1.29, 1.82) is 0 Å². The van der Waals surface area contributed by atoms with Gasteiger partial charge in [0.05, 0.1) is 5.52 Å². The minimum absolute atomic E-state index is 0.903. The van der Waals surface area contributed by atoms with E-state index in [-0.39, 0.29) is 0 Å². The van der Waals surface area contributed by atoms with Crippen molar-refractivity contribution in [2.75, 3.05) is 0 Å². The molecule has 0 aliphatic heterocycles. The summed E-state index contributed by atoms with van der Waals surface area (Å²) in [4.78, 5) is 5.00. The Morgan fingerprint density at radius 3 is 1.73 bits per heavy atom. The van der Waals surface area contributed by atoms with Crippen molar-refractivity contribution in [3.05, 3.63) is 140 Å². The summed E-state index contributed by atoms with van der Waals surface area (Å²) < 4.78 is 6.57. The van der Waals surface area contributed by atoms with Gasteiger partial charge < -0.3 is 4.42 Å². The highest BCUT2D eigenvalue weighted by atomic mass is 16.3. The Bertz CT molecular complexity index is 2320. The number of fused-ring (bicyclic) bond motifs is 13. The number of nitrogens with zero attached hydrogens (tertiary/aromatic N) is 1. The standard InChI is InChI=1S/C39H23NO/c1-3-13-27-25(11-1)26-12-2-4-14-28(26)32-22-21-24-10-9-23-40-38(24)37(32)36-30(27)16-7-17-31(36)34-19-8-18-33-29-15-5-6-20-35(29)41-39(33)34/h1-23H. The van der Waals surface area contributed by atoms with E-state index in [2.05, 4.69) is 121 Å². The largest absolute Gasteiger partial charge is 0.455 e. The van der Waals surface area contributed by atoms with Gasteiger partial charge in [-0.25, -0.2) is 0 Å². The van der Waals surface area contributed by atoms with Crippen LogP contribution in [0.5, 0.6) is 0 Å². The normalized spacial score (nSPS) is 11.9. The van der Waals surface area contributed by atoms with Crippen LogP contribution < -0.4 is 0 Å². The Hall–Kier alpha value is -5.47. The minimum Gasteiger partial charge on any atom is -0.455 e. The van der Waals surface area contributed by atoms with Crippen LogP contribution in [0.1, 0.15) is 0 Å². The molecule has 6 aromatic carbocycles. The second kappa shape index (κ2) is 8.51. The number of para-hydroxylation sites is 2. The molecule has 0 N–H and O–H groups in total. The van der Waals surface area contributed by atoms with Gasteiger partial charge in [0.25, 0.3) is 0 Å². The molecule has 1 aliphatic carbocycles. The summed E-state index contributed by atoms with van der Waals surface area (Å²) in [5.41, 5.74) is 14.7. The molecule has 9 rings (SSSR count). The molecule has 0 spiro atoms. The molecule has 0 unspecified atom stereocenters. The smallest absolute Gasteiger partial charge is 0.143 e. The number of benzene rings is 6. The van der Waals surface area contributed by atoms with E-state index in [1.807, 2.05) is 18.3 Å². The first-order valence-corrected chi connectivity index (χ1v) is 14.0. The maximum absolute atomic E-state index is 6.57.